The number of carbonyl (C=O) groups excluding carboxylic acids is 1. The molecule has 3 atom stereocenters. The lowest BCUT2D eigenvalue weighted by molar-refractivity contribution is -0.152. The van der Waals surface area contributed by atoms with Gasteiger partial charge in [0.1, 0.15) is 11.9 Å². The SMILES string of the molecule is O=C(O)C1CCC(CC(=O)N2CCC3=C(C2)N(Cc2ccc(Cl)cc2F)NC3C(F)(F)F)C1. The number of hydrazine groups is 1. The van der Waals surface area contributed by atoms with Crippen molar-refractivity contribution in [1.82, 2.24) is 15.3 Å². The fourth-order valence-electron chi connectivity index (χ4n) is 4.95. The number of hydrogen-bond donors (Lipinski definition) is 2. The van der Waals surface area contributed by atoms with Crippen molar-refractivity contribution in [3.05, 3.63) is 45.9 Å². The van der Waals surface area contributed by atoms with Crippen LogP contribution in [-0.4, -0.2) is 52.2 Å². The fraction of sp³-hybridized carbons (Fsp3) is 0.545. The van der Waals surface area contributed by atoms with Gasteiger partial charge in [0.25, 0.3) is 0 Å². The first-order chi connectivity index (χ1) is 15.5. The largest absolute Gasteiger partial charge is 0.481 e. The van der Waals surface area contributed by atoms with E-state index in [0.29, 0.717) is 25.0 Å². The molecular formula is C22H24ClF4N3O3. The Balaban J connectivity index is 1.49. The van der Waals surface area contributed by atoms with Crippen LogP contribution in [0, 0.1) is 17.7 Å². The average molecular weight is 490 g/mol. The standard InChI is InChI=1S/C22H24ClF4N3O3/c23-15-4-3-14(17(24)9-15)10-30-18-11-29(6-5-16(18)20(28-30)22(25,26)27)19(31)8-12-1-2-13(7-12)21(32)33/h3-4,9,12-13,20,28H,1-2,5-8,10-11H2,(H,32,33). The second-order valence-electron chi connectivity index (χ2n) is 8.88. The summed E-state index contributed by atoms with van der Waals surface area (Å²) in [7, 11) is 0. The van der Waals surface area contributed by atoms with Crippen LogP contribution in [0.3, 0.4) is 0 Å². The van der Waals surface area contributed by atoms with E-state index in [2.05, 4.69) is 5.43 Å². The monoisotopic (exact) mass is 489 g/mol. The highest BCUT2D eigenvalue weighted by molar-refractivity contribution is 6.30. The van der Waals surface area contributed by atoms with Gasteiger partial charge in [0.15, 0.2) is 0 Å². The highest BCUT2D eigenvalue weighted by Crippen LogP contribution is 2.39. The molecule has 0 aromatic heterocycles. The molecule has 180 valence electrons. The number of alkyl halides is 3. The summed E-state index contributed by atoms with van der Waals surface area (Å²) in [6.45, 7) is -0.0124. The van der Waals surface area contributed by atoms with Crippen LogP contribution in [0.15, 0.2) is 29.5 Å². The zero-order valence-electron chi connectivity index (χ0n) is 17.7. The molecule has 6 nitrogen and oxygen atoms in total. The first kappa shape index (κ1) is 23.8. The molecular weight excluding hydrogens is 466 g/mol. The van der Waals surface area contributed by atoms with E-state index in [1.54, 1.807) is 0 Å². The van der Waals surface area contributed by atoms with Crippen LogP contribution in [0.4, 0.5) is 17.6 Å². The minimum Gasteiger partial charge on any atom is -0.481 e. The second kappa shape index (κ2) is 9.13. The van der Waals surface area contributed by atoms with Gasteiger partial charge >= 0.3 is 12.1 Å². The smallest absolute Gasteiger partial charge is 0.409 e. The minimum absolute atomic E-state index is 0.0158. The highest BCUT2D eigenvalue weighted by Gasteiger charge is 2.49. The van der Waals surface area contributed by atoms with Crippen molar-refractivity contribution in [2.24, 2.45) is 11.8 Å². The number of amides is 1. The molecule has 3 unspecified atom stereocenters. The molecule has 0 bridgehead atoms. The molecule has 2 heterocycles. The zero-order valence-corrected chi connectivity index (χ0v) is 18.4. The summed E-state index contributed by atoms with van der Waals surface area (Å²) >= 11 is 5.77. The molecule has 0 spiro atoms. The van der Waals surface area contributed by atoms with Crippen molar-refractivity contribution in [1.29, 1.82) is 0 Å². The molecule has 1 saturated carbocycles. The minimum atomic E-state index is -4.53. The van der Waals surface area contributed by atoms with Crippen LogP contribution in [0.25, 0.3) is 0 Å². The number of carboxylic acids is 1. The number of nitrogens with one attached hydrogen (secondary N) is 1. The average Bonchev–Trinajstić information content (AvgIpc) is 3.34. The Morgan fingerprint density at radius 2 is 2.00 bits per heavy atom. The number of carbonyl (C=O) groups is 2. The van der Waals surface area contributed by atoms with Crippen LogP contribution >= 0.6 is 11.6 Å². The summed E-state index contributed by atoms with van der Waals surface area (Å²) in [4.78, 5) is 25.5. The molecule has 3 aliphatic rings. The van der Waals surface area contributed by atoms with Crippen LogP contribution in [0.1, 0.15) is 37.7 Å². The van der Waals surface area contributed by atoms with Gasteiger partial charge in [0.2, 0.25) is 5.91 Å². The molecule has 0 radical (unpaired) electrons. The van der Waals surface area contributed by atoms with E-state index < -0.39 is 29.9 Å². The third-order valence-corrected chi connectivity index (χ3v) is 6.93. The molecule has 33 heavy (non-hydrogen) atoms. The lowest BCUT2D eigenvalue weighted by Gasteiger charge is -2.32. The van der Waals surface area contributed by atoms with Crippen molar-refractivity contribution in [3.8, 4) is 0 Å². The molecule has 2 aliphatic heterocycles. The van der Waals surface area contributed by atoms with Crippen molar-refractivity contribution in [3.63, 3.8) is 0 Å². The topological polar surface area (TPSA) is 72.9 Å². The quantitative estimate of drug-likeness (QED) is 0.609. The Morgan fingerprint density at radius 1 is 1.24 bits per heavy atom. The third-order valence-electron chi connectivity index (χ3n) is 6.70. The van der Waals surface area contributed by atoms with Crippen molar-refractivity contribution < 1.29 is 32.3 Å². The second-order valence-corrected chi connectivity index (χ2v) is 9.32. The summed E-state index contributed by atoms with van der Waals surface area (Å²) in [5.41, 5.74) is 3.10. The molecule has 0 saturated heterocycles. The van der Waals surface area contributed by atoms with Crippen LogP contribution in [0.5, 0.6) is 0 Å². The zero-order chi connectivity index (χ0) is 23.9. The maximum absolute atomic E-state index is 14.3. The Kier molecular flexibility index (Phi) is 6.59. The van der Waals surface area contributed by atoms with Gasteiger partial charge in [-0.1, -0.05) is 17.7 Å². The summed E-state index contributed by atoms with van der Waals surface area (Å²) in [5.74, 6) is -2.18. The van der Waals surface area contributed by atoms with Gasteiger partial charge in [0, 0.05) is 23.6 Å². The summed E-state index contributed by atoms with van der Waals surface area (Å²) < 4.78 is 55.3. The first-order valence-electron chi connectivity index (χ1n) is 10.8. The highest BCUT2D eigenvalue weighted by atomic mass is 35.5. The molecule has 1 amide bonds. The normalized spacial score (nSPS) is 25.5. The van der Waals surface area contributed by atoms with Gasteiger partial charge < -0.3 is 15.0 Å². The van der Waals surface area contributed by atoms with Crippen molar-refractivity contribution in [2.45, 2.75) is 50.9 Å². The van der Waals surface area contributed by atoms with Gasteiger partial charge in [-0.2, -0.15) is 13.2 Å². The first-order valence-corrected chi connectivity index (χ1v) is 11.2. The number of rotatable bonds is 5. The van der Waals surface area contributed by atoms with Crippen LogP contribution in [-0.2, 0) is 16.1 Å². The molecule has 1 aliphatic carbocycles. The number of nitrogens with zero attached hydrogens (tertiary/aromatic N) is 2. The molecule has 1 aromatic carbocycles. The van der Waals surface area contributed by atoms with Crippen molar-refractivity contribution in [2.75, 3.05) is 13.1 Å². The lowest BCUT2D eigenvalue weighted by atomic mass is 9.97. The Labute approximate surface area is 193 Å². The van der Waals surface area contributed by atoms with E-state index >= 15 is 0 Å². The van der Waals surface area contributed by atoms with Gasteiger partial charge in [-0.05, 0) is 49.3 Å². The lowest BCUT2D eigenvalue weighted by Crippen LogP contribution is -2.45. The van der Waals surface area contributed by atoms with Gasteiger partial charge in [0.05, 0.1) is 24.7 Å². The summed E-state index contributed by atoms with van der Waals surface area (Å²) in [5, 5.41) is 10.6. The maximum atomic E-state index is 14.3. The van der Waals surface area contributed by atoms with E-state index in [0.717, 1.165) is 6.07 Å². The van der Waals surface area contributed by atoms with Crippen LogP contribution in [0.2, 0.25) is 5.02 Å². The number of carboxylic acid groups (broad SMARTS) is 1. The summed E-state index contributed by atoms with van der Waals surface area (Å²) in [6.07, 6.45) is -2.70. The maximum Gasteiger partial charge on any atom is 0.409 e. The van der Waals surface area contributed by atoms with Crippen molar-refractivity contribution >= 4 is 23.5 Å². The van der Waals surface area contributed by atoms with E-state index in [-0.39, 0.29) is 60.5 Å². The fourth-order valence-corrected chi connectivity index (χ4v) is 5.11. The van der Waals surface area contributed by atoms with Gasteiger partial charge in [-0.3, -0.25) is 9.59 Å². The van der Waals surface area contributed by atoms with E-state index in [1.807, 2.05) is 0 Å². The van der Waals surface area contributed by atoms with Crippen LogP contribution < -0.4 is 5.43 Å². The Hall–Kier alpha value is -2.33. The number of benzene rings is 1. The van der Waals surface area contributed by atoms with E-state index in [1.165, 1.54) is 22.0 Å². The third kappa shape index (κ3) is 5.11. The predicted molar refractivity (Wildman–Crippen MR) is 111 cm³/mol. The van der Waals surface area contributed by atoms with E-state index in [4.69, 9.17) is 16.7 Å². The molecule has 1 aromatic rings. The summed E-state index contributed by atoms with van der Waals surface area (Å²) in [6, 6.07) is 2.11. The Bertz CT molecular complexity index is 984. The molecule has 2 N–H and O–H groups in total. The van der Waals surface area contributed by atoms with Gasteiger partial charge in [-0.15, -0.1) is 0 Å². The predicted octanol–water partition coefficient (Wildman–Crippen LogP) is 4.11. The molecule has 1 fully saturated rings. The molecule has 11 heteroatoms. The number of hydrogen-bond acceptors (Lipinski definition) is 4. The molecule has 4 rings (SSSR count). The van der Waals surface area contributed by atoms with Gasteiger partial charge in [-0.25, -0.2) is 9.82 Å². The Morgan fingerprint density at radius 3 is 2.64 bits per heavy atom. The number of aliphatic carboxylic acids is 1. The van der Waals surface area contributed by atoms with E-state index in [9.17, 15) is 27.2 Å². The number of halogens is 5.